The Bertz CT molecular complexity index is 809. The van der Waals surface area contributed by atoms with E-state index in [0.29, 0.717) is 5.69 Å². The number of amides is 1. The molecule has 0 saturated carbocycles. The molecule has 0 aliphatic heterocycles. The van der Waals surface area contributed by atoms with Crippen LogP contribution in [0.3, 0.4) is 0 Å². The Balaban J connectivity index is 1.82. The first-order valence-corrected chi connectivity index (χ1v) is 7.25. The highest BCUT2D eigenvalue weighted by Gasteiger charge is 2.09. The first kappa shape index (κ1) is 14.7. The van der Waals surface area contributed by atoms with E-state index < -0.39 is 0 Å². The predicted octanol–water partition coefficient (Wildman–Crippen LogP) is 3.26. The molecule has 5 heteroatoms. The lowest BCUT2D eigenvalue weighted by Gasteiger charge is -2.14. The number of aromatic nitrogens is 2. The van der Waals surface area contributed by atoms with Gasteiger partial charge in [0.05, 0.1) is 17.6 Å². The van der Waals surface area contributed by atoms with Crippen LogP contribution in [0.15, 0.2) is 78.0 Å². The van der Waals surface area contributed by atoms with Crippen LogP contribution in [0, 0.1) is 0 Å². The monoisotopic (exact) mass is 304 g/mol. The van der Waals surface area contributed by atoms with Crippen LogP contribution in [0.4, 0.5) is 5.69 Å². The molecule has 0 atom stereocenters. The molecule has 0 fully saturated rings. The summed E-state index contributed by atoms with van der Waals surface area (Å²) in [7, 11) is 0. The molecule has 0 aliphatic rings. The second kappa shape index (κ2) is 6.70. The van der Waals surface area contributed by atoms with Crippen molar-refractivity contribution in [3.05, 3.63) is 78.6 Å². The normalized spacial score (nSPS) is 10.8. The average molecular weight is 304 g/mol. The van der Waals surface area contributed by atoms with Crippen molar-refractivity contribution in [1.82, 2.24) is 9.78 Å². The Kier molecular flexibility index (Phi) is 4.29. The summed E-state index contributed by atoms with van der Waals surface area (Å²) >= 11 is 0. The van der Waals surface area contributed by atoms with Crippen molar-refractivity contribution in [3.8, 4) is 5.69 Å². The zero-order valence-corrected chi connectivity index (χ0v) is 12.7. The van der Waals surface area contributed by atoms with Gasteiger partial charge in [0.25, 0.3) is 0 Å². The summed E-state index contributed by atoms with van der Waals surface area (Å²) in [5.74, 6) is -0.157. The van der Waals surface area contributed by atoms with Crippen LogP contribution in [0.25, 0.3) is 5.69 Å². The molecular weight excluding hydrogens is 288 g/mol. The van der Waals surface area contributed by atoms with Crippen molar-refractivity contribution in [2.75, 3.05) is 5.01 Å². The topological polar surface area (TPSA) is 50.5 Å². The number of hydrogen-bond donors (Lipinski definition) is 0. The van der Waals surface area contributed by atoms with Crippen molar-refractivity contribution in [1.29, 1.82) is 0 Å². The van der Waals surface area contributed by atoms with Crippen LogP contribution >= 0.6 is 0 Å². The molecule has 1 heterocycles. The minimum Gasteiger partial charge on any atom is -0.273 e. The Morgan fingerprint density at radius 2 is 1.70 bits per heavy atom. The fourth-order valence-electron chi connectivity index (χ4n) is 2.15. The van der Waals surface area contributed by atoms with Crippen LogP contribution in [0.2, 0.25) is 0 Å². The number of carbonyl (C=O) groups excluding carboxylic acids is 1. The molecule has 5 nitrogen and oxygen atoms in total. The molecule has 0 unspecified atom stereocenters. The van der Waals surface area contributed by atoms with Gasteiger partial charge in [-0.1, -0.05) is 36.4 Å². The number of benzene rings is 2. The Hall–Kier alpha value is -3.21. The third-order valence-corrected chi connectivity index (χ3v) is 3.23. The van der Waals surface area contributed by atoms with Crippen molar-refractivity contribution >= 4 is 17.8 Å². The standard InChI is InChI=1S/C18H16N4O/c1-15(23)22(18-10-6-3-7-11-18)19-14-16-12-13-21(20-16)17-8-4-2-5-9-17/h2-14H,1H3. The molecule has 2 aromatic carbocycles. The van der Waals surface area contributed by atoms with E-state index in [1.54, 1.807) is 10.9 Å². The lowest BCUT2D eigenvalue weighted by Crippen LogP contribution is -2.22. The summed E-state index contributed by atoms with van der Waals surface area (Å²) in [5.41, 5.74) is 2.37. The highest BCUT2D eigenvalue weighted by atomic mass is 16.2. The highest BCUT2D eigenvalue weighted by Crippen LogP contribution is 2.14. The molecule has 0 bridgehead atoms. The fourth-order valence-corrected chi connectivity index (χ4v) is 2.15. The smallest absolute Gasteiger partial charge is 0.244 e. The molecule has 0 aliphatic carbocycles. The summed E-state index contributed by atoms with van der Waals surface area (Å²) in [5, 5.41) is 10.0. The quantitative estimate of drug-likeness (QED) is 0.549. The van der Waals surface area contributed by atoms with E-state index in [0.717, 1.165) is 11.4 Å². The third kappa shape index (κ3) is 3.52. The van der Waals surface area contributed by atoms with Gasteiger partial charge in [-0.15, -0.1) is 0 Å². The maximum absolute atomic E-state index is 11.8. The Morgan fingerprint density at radius 3 is 2.35 bits per heavy atom. The van der Waals surface area contributed by atoms with Gasteiger partial charge in [-0.2, -0.15) is 10.2 Å². The molecule has 114 valence electrons. The molecule has 3 aromatic rings. The molecule has 1 amide bonds. The second-order valence-electron chi connectivity index (χ2n) is 4.93. The van der Waals surface area contributed by atoms with Gasteiger partial charge in [0.15, 0.2) is 0 Å². The number of carbonyl (C=O) groups is 1. The number of hydrazone groups is 1. The first-order chi connectivity index (χ1) is 11.2. The minimum absolute atomic E-state index is 0.157. The summed E-state index contributed by atoms with van der Waals surface area (Å²) in [6, 6.07) is 21.0. The number of para-hydroxylation sites is 2. The summed E-state index contributed by atoms with van der Waals surface area (Å²) in [4.78, 5) is 11.8. The van der Waals surface area contributed by atoms with Crippen LogP contribution in [0.5, 0.6) is 0 Å². The van der Waals surface area contributed by atoms with Gasteiger partial charge in [-0.25, -0.2) is 9.69 Å². The second-order valence-corrected chi connectivity index (χ2v) is 4.93. The van der Waals surface area contributed by atoms with Crippen molar-refractivity contribution in [2.45, 2.75) is 6.92 Å². The van der Waals surface area contributed by atoms with Gasteiger partial charge in [0, 0.05) is 13.1 Å². The summed E-state index contributed by atoms with van der Waals surface area (Å²) < 4.78 is 1.77. The number of rotatable bonds is 4. The number of anilines is 1. The highest BCUT2D eigenvalue weighted by molar-refractivity contribution is 5.93. The predicted molar refractivity (Wildman–Crippen MR) is 90.8 cm³/mol. The lowest BCUT2D eigenvalue weighted by atomic mass is 10.3. The maximum atomic E-state index is 11.8. The van der Waals surface area contributed by atoms with Crippen molar-refractivity contribution in [3.63, 3.8) is 0 Å². The summed E-state index contributed by atoms with van der Waals surface area (Å²) in [6.45, 7) is 1.48. The molecule has 0 radical (unpaired) electrons. The number of nitrogens with zero attached hydrogens (tertiary/aromatic N) is 4. The maximum Gasteiger partial charge on any atom is 0.244 e. The van der Waals surface area contributed by atoms with Gasteiger partial charge < -0.3 is 0 Å². The van der Waals surface area contributed by atoms with Gasteiger partial charge >= 0.3 is 0 Å². The van der Waals surface area contributed by atoms with E-state index in [-0.39, 0.29) is 5.91 Å². The Morgan fingerprint density at radius 1 is 1.04 bits per heavy atom. The summed E-state index contributed by atoms with van der Waals surface area (Å²) in [6.07, 6.45) is 3.44. The van der Waals surface area contributed by atoms with E-state index >= 15 is 0 Å². The van der Waals surface area contributed by atoms with E-state index in [9.17, 15) is 4.79 Å². The Labute approximate surface area is 134 Å². The minimum atomic E-state index is -0.157. The zero-order chi connectivity index (χ0) is 16.1. The zero-order valence-electron chi connectivity index (χ0n) is 12.7. The largest absolute Gasteiger partial charge is 0.273 e. The van der Waals surface area contributed by atoms with Crippen LogP contribution in [-0.4, -0.2) is 21.9 Å². The van der Waals surface area contributed by atoms with E-state index in [1.165, 1.54) is 11.9 Å². The fraction of sp³-hybridized carbons (Fsp3) is 0.0556. The first-order valence-electron chi connectivity index (χ1n) is 7.25. The molecule has 23 heavy (non-hydrogen) atoms. The van der Waals surface area contributed by atoms with Crippen LogP contribution in [-0.2, 0) is 4.79 Å². The molecule has 1 aromatic heterocycles. The van der Waals surface area contributed by atoms with E-state index in [4.69, 9.17) is 0 Å². The average Bonchev–Trinajstić information content (AvgIpc) is 3.05. The van der Waals surface area contributed by atoms with Gasteiger partial charge in [-0.05, 0) is 30.3 Å². The SMILES string of the molecule is CC(=O)N(N=Cc1ccn(-c2ccccc2)n1)c1ccccc1. The molecule has 0 N–H and O–H groups in total. The van der Waals surface area contributed by atoms with Gasteiger partial charge in [0.2, 0.25) is 5.91 Å². The van der Waals surface area contributed by atoms with Crippen LogP contribution in [0.1, 0.15) is 12.6 Å². The molecular formula is C18H16N4O. The molecule has 3 rings (SSSR count). The van der Waals surface area contributed by atoms with Crippen molar-refractivity contribution in [2.24, 2.45) is 5.10 Å². The van der Waals surface area contributed by atoms with E-state index in [1.807, 2.05) is 72.9 Å². The number of hydrogen-bond acceptors (Lipinski definition) is 3. The van der Waals surface area contributed by atoms with Crippen molar-refractivity contribution < 1.29 is 4.79 Å². The van der Waals surface area contributed by atoms with Gasteiger partial charge in [0.1, 0.15) is 5.69 Å². The lowest BCUT2D eigenvalue weighted by molar-refractivity contribution is -0.116. The van der Waals surface area contributed by atoms with E-state index in [2.05, 4.69) is 10.2 Å². The molecule has 0 spiro atoms. The molecule has 0 saturated heterocycles. The van der Waals surface area contributed by atoms with Crippen LogP contribution < -0.4 is 5.01 Å². The third-order valence-electron chi connectivity index (χ3n) is 3.23. The van der Waals surface area contributed by atoms with Gasteiger partial charge in [-0.3, -0.25) is 4.79 Å².